The van der Waals surface area contributed by atoms with Gasteiger partial charge in [0, 0.05) is 88.0 Å². The molecule has 0 unspecified atom stereocenters. The molecule has 1 fully saturated rings. The number of rotatable bonds is 12. The second-order valence-electron chi connectivity index (χ2n) is 9.61. The van der Waals surface area contributed by atoms with Crippen molar-refractivity contribution in [2.75, 3.05) is 57.2 Å². The van der Waals surface area contributed by atoms with Gasteiger partial charge in [-0.15, -0.1) is 0 Å². The number of carbonyl (C=O) groups is 5. The van der Waals surface area contributed by atoms with E-state index in [1.807, 2.05) is 37.3 Å². The Bertz CT molecular complexity index is 1530. The highest BCUT2D eigenvalue weighted by molar-refractivity contribution is 7.99. The van der Waals surface area contributed by atoms with Gasteiger partial charge in [-0.25, -0.2) is 19.2 Å². The van der Waals surface area contributed by atoms with Crippen LogP contribution in [0.3, 0.4) is 0 Å². The maximum atomic E-state index is 12.3. The minimum absolute atomic E-state index is 0.136. The van der Waals surface area contributed by atoms with Gasteiger partial charge in [0.2, 0.25) is 0 Å². The number of hydrogen-bond acceptors (Lipinski definition) is 10. The van der Waals surface area contributed by atoms with Crippen LogP contribution in [0.5, 0.6) is 0 Å². The molecule has 0 atom stereocenters. The Kier molecular flexibility index (Phi) is 13.5. The first-order valence-corrected chi connectivity index (χ1v) is 14.9. The maximum Gasteiger partial charge on any atom is 0.328 e. The molecule has 0 aliphatic carbocycles. The van der Waals surface area contributed by atoms with E-state index >= 15 is 0 Å². The van der Waals surface area contributed by atoms with Crippen LogP contribution in [0.4, 0.5) is 11.4 Å². The SMILES string of the molecule is O=C(O)/C=C/C(=O)O.O=C(O)/C=C/C(=O)O.[2H]C([2H])(O)C([2H])([2H])N1CCN(CCCN2c3ccccc3Sc3ccc(C(=O)CC)cc32)CC1. The molecule has 248 valence electrons. The van der Waals surface area contributed by atoms with Gasteiger partial charge in [0.15, 0.2) is 5.78 Å². The standard InChI is InChI=1S/C24H31N3O2S.2C4H4O4/c1-2-22(29)19-8-9-24-21(18-19)27(20-6-3-4-7-23(20)30-24)11-5-10-25-12-14-26(15-13-25)16-17-28;2*5-3(6)1-2-4(7)8/h3-4,6-9,18,28H,2,5,10-17H2,1H3;2*1-2H,(H,5,6)(H,7,8)/b;2*2-1+/i16D2,17D2;;. The van der Waals surface area contributed by atoms with E-state index in [1.165, 1.54) is 9.80 Å². The average molecular weight is 662 g/mol. The molecular weight excluding hydrogens is 618 g/mol. The van der Waals surface area contributed by atoms with Crippen LogP contribution in [-0.4, -0.2) is 117 Å². The second kappa shape index (κ2) is 19.8. The van der Waals surface area contributed by atoms with Gasteiger partial charge in [0.25, 0.3) is 0 Å². The van der Waals surface area contributed by atoms with E-state index in [9.17, 15) is 29.1 Å². The van der Waals surface area contributed by atoms with Gasteiger partial charge >= 0.3 is 23.9 Å². The molecule has 2 aromatic rings. The van der Waals surface area contributed by atoms with Crippen molar-refractivity contribution in [1.82, 2.24) is 9.80 Å². The van der Waals surface area contributed by atoms with E-state index in [0.29, 0.717) is 56.9 Å². The number of fused-ring (bicyclic) bond motifs is 2. The lowest BCUT2D eigenvalue weighted by Gasteiger charge is -2.36. The number of Topliss-reactive ketones (excluding diaryl/α,β-unsaturated/α-hetero) is 1. The summed E-state index contributed by atoms with van der Waals surface area (Å²) in [4.78, 5) is 58.8. The zero-order valence-electron chi connectivity index (χ0n) is 29.0. The quantitative estimate of drug-likeness (QED) is 0.164. The summed E-state index contributed by atoms with van der Waals surface area (Å²) < 4.78 is 30.6. The van der Waals surface area contributed by atoms with E-state index in [1.54, 1.807) is 11.8 Å². The van der Waals surface area contributed by atoms with Crippen LogP contribution in [0.15, 0.2) is 76.6 Å². The van der Waals surface area contributed by atoms with Crippen LogP contribution < -0.4 is 4.90 Å². The molecule has 2 aromatic carbocycles. The summed E-state index contributed by atoms with van der Waals surface area (Å²) in [6.45, 7) is 0.145. The number of anilines is 2. The first-order valence-electron chi connectivity index (χ1n) is 16.1. The number of para-hydroxylation sites is 1. The normalized spacial score (nSPS) is 16.3. The van der Waals surface area contributed by atoms with Crippen molar-refractivity contribution < 1.29 is 55.0 Å². The van der Waals surface area contributed by atoms with Gasteiger partial charge in [-0.2, -0.15) is 0 Å². The van der Waals surface area contributed by atoms with E-state index in [-0.39, 0.29) is 5.78 Å². The fraction of sp³-hybridized carbons (Fsp3) is 0.344. The number of aliphatic hydroxyl groups is 1. The number of nitrogens with zero attached hydrogens (tertiary/aromatic N) is 3. The number of hydrogen-bond donors (Lipinski definition) is 5. The minimum atomic E-state index is -2.90. The summed E-state index contributed by atoms with van der Waals surface area (Å²) >= 11 is 1.72. The Morgan fingerprint density at radius 2 is 1.28 bits per heavy atom. The molecule has 2 aliphatic heterocycles. The number of benzene rings is 2. The number of aliphatic carboxylic acids is 4. The van der Waals surface area contributed by atoms with Gasteiger partial charge in [-0.3, -0.25) is 9.69 Å². The zero-order chi connectivity index (χ0) is 37.6. The minimum Gasteiger partial charge on any atom is -0.478 e. The summed E-state index contributed by atoms with van der Waals surface area (Å²) in [6, 6.07) is 14.3. The summed E-state index contributed by atoms with van der Waals surface area (Å²) in [5.74, 6) is -4.89. The van der Waals surface area contributed by atoms with E-state index in [4.69, 9.17) is 25.9 Å². The lowest BCUT2D eigenvalue weighted by molar-refractivity contribution is -0.134. The number of carboxylic acid groups (broad SMARTS) is 4. The number of ketones is 1. The van der Waals surface area contributed by atoms with Gasteiger partial charge in [0.1, 0.15) is 0 Å². The highest BCUT2D eigenvalue weighted by atomic mass is 32.2. The third kappa shape index (κ3) is 13.2. The van der Waals surface area contributed by atoms with Crippen LogP contribution in [-0.2, 0) is 19.2 Å². The molecule has 13 nitrogen and oxygen atoms in total. The van der Waals surface area contributed by atoms with Gasteiger partial charge < -0.3 is 35.3 Å². The Morgan fingerprint density at radius 1 is 0.761 bits per heavy atom. The Labute approximate surface area is 276 Å². The maximum absolute atomic E-state index is 12.3. The summed E-state index contributed by atoms with van der Waals surface area (Å²) in [7, 11) is 0. The Balaban J connectivity index is 0.000000450. The topological polar surface area (TPSA) is 196 Å². The summed E-state index contributed by atoms with van der Waals surface area (Å²) in [5, 5.41) is 40.8. The van der Waals surface area contributed by atoms with E-state index in [0.717, 1.165) is 41.3 Å². The molecule has 2 aliphatic rings. The number of piperazine rings is 1. The van der Waals surface area contributed by atoms with Crippen LogP contribution in [0.2, 0.25) is 0 Å². The van der Waals surface area contributed by atoms with Crippen LogP contribution >= 0.6 is 11.8 Å². The largest absolute Gasteiger partial charge is 0.478 e. The van der Waals surface area contributed by atoms with E-state index in [2.05, 4.69) is 21.9 Å². The lowest BCUT2D eigenvalue weighted by Crippen LogP contribution is -2.47. The van der Waals surface area contributed by atoms with Crippen molar-refractivity contribution >= 4 is 52.8 Å². The monoisotopic (exact) mass is 661 g/mol. The van der Waals surface area contributed by atoms with Crippen molar-refractivity contribution in [3.05, 3.63) is 72.3 Å². The molecular formula is C32H39N3O10S. The number of carboxylic acids is 4. The first kappa shape index (κ1) is 31.5. The van der Waals surface area contributed by atoms with Crippen molar-refractivity contribution in [3.8, 4) is 0 Å². The molecule has 0 spiro atoms. The molecule has 5 N–H and O–H groups in total. The van der Waals surface area contributed by atoms with Crippen molar-refractivity contribution in [2.24, 2.45) is 0 Å². The third-order valence-electron chi connectivity index (χ3n) is 6.44. The zero-order valence-corrected chi connectivity index (χ0v) is 25.9. The fourth-order valence-electron chi connectivity index (χ4n) is 4.34. The molecule has 0 aromatic heterocycles. The summed E-state index contributed by atoms with van der Waals surface area (Å²) in [5.41, 5.74) is 2.94. The molecule has 1 saturated heterocycles. The van der Waals surface area contributed by atoms with Crippen LogP contribution in [0, 0.1) is 0 Å². The summed E-state index contributed by atoms with van der Waals surface area (Å²) in [6.07, 6.45) is 3.59. The van der Waals surface area contributed by atoms with Crippen molar-refractivity contribution in [2.45, 2.75) is 29.6 Å². The molecule has 14 heteroatoms. The molecule has 0 radical (unpaired) electrons. The van der Waals surface area contributed by atoms with Crippen LogP contribution in [0.25, 0.3) is 0 Å². The fourth-order valence-corrected chi connectivity index (χ4v) is 5.42. The molecule has 0 saturated carbocycles. The number of carbonyl (C=O) groups excluding carboxylic acids is 1. The second-order valence-corrected chi connectivity index (χ2v) is 10.7. The molecule has 2 heterocycles. The molecule has 4 rings (SSSR count). The smallest absolute Gasteiger partial charge is 0.328 e. The third-order valence-corrected chi connectivity index (χ3v) is 7.57. The molecule has 0 bridgehead atoms. The van der Waals surface area contributed by atoms with Gasteiger partial charge in [-0.05, 0) is 37.2 Å². The van der Waals surface area contributed by atoms with Crippen molar-refractivity contribution in [3.63, 3.8) is 0 Å². The lowest BCUT2D eigenvalue weighted by atomic mass is 10.1. The Hall–Kier alpha value is -4.50. The first-order chi connectivity index (χ1) is 23.4. The highest BCUT2D eigenvalue weighted by Gasteiger charge is 2.24. The van der Waals surface area contributed by atoms with Crippen LogP contribution in [0.1, 0.15) is 35.6 Å². The highest BCUT2D eigenvalue weighted by Crippen LogP contribution is 2.48. The predicted octanol–water partition coefficient (Wildman–Crippen LogP) is 3.31. The predicted molar refractivity (Wildman–Crippen MR) is 172 cm³/mol. The average Bonchev–Trinajstić information content (AvgIpc) is 3.06. The van der Waals surface area contributed by atoms with E-state index < -0.39 is 36.9 Å². The van der Waals surface area contributed by atoms with Gasteiger partial charge in [0.05, 0.1) is 20.7 Å². The van der Waals surface area contributed by atoms with Crippen molar-refractivity contribution in [1.29, 1.82) is 0 Å². The number of β-amino-alcohol motifs (C(OH)–C–C–N with tert-alkyl or cyclic N) is 1. The molecule has 0 amide bonds. The Morgan fingerprint density at radius 3 is 1.80 bits per heavy atom. The van der Waals surface area contributed by atoms with Gasteiger partial charge in [-0.1, -0.05) is 36.9 Å². The molecule has 46 heavy (non-hydrogen) atoms.